The smallest absolute Gasteiger partial charge is 0.326 e. The highest BCUT2D eigenvalue weighted by Gasteiger charge is 2.21. The average Bonchev–Trinajstić information content (AvgIpc) is 2.62. The highest BCUT2D eigenvalue weighted by molar-refractivity contribution is 7.91. The Bertz CT molecular complexity index is 878. The van der Waals surface area contributed by atoms with E-state index in [1.807, 2.05) is 6.07 Å². The predicted octanol–water partition coefficient (Wildman–Crippen LogP) is 1.83. The van der Waals surface area contributed by atoms with Gasteiger partial charge >= 0.3 is 5.97 Å². The molecule has 0 saturated carbocycles. The number of carbonyl (C=O) groups excluding carboxylic acids is 1. The van der Waals surface area contributed by atoms with Crippen LogP contribution in [0.25, 0.3) is 0 Å². The van der Waals surface area contributed by atoms with Crippen molar-refractivity contribution in [3.05, 3.63) is 65.7 Å². The summed E-state index contributed by atoms with van der Waals surface area (Å²) < 4.78 is 23.9. The molecule has 0 bridgehead atoms. The summed E-state index contributed by atoms with van der Waals surface area (Å²) in [4.78, 5) is 23.8. The molecule has 2 N–H and O–H groups in total. The minimum absolute atomic E-state index is 0.0270. The molecule has 2 rings (SSSR count). The van der Waals surface area contributed by atoms with Gasteiger partial charge in [0.05, 0.1) is 17.1 Å². The summed E-state index contributed by atoms with van der Waals surface area (Å²) in [6.07, 6.45) is 0.0812. The quantitative estimate of drug-likeness (QED) is 0.733. The van der Waals surface area contributed by atoms with Crippen LogP contribution >= 0.6 is 0 Å². The van der Waals surface area contributed by atoms with E-state index in [1.165, 1.54) is 12.1 Å². The number of sulfone groups is 1. The van der Waals surface area contributed by atoms with Gasteiger partial charge in [0.2, 0.25) is 5.91 Å². The van der Waals surface area contributed by atoms with Crippen LogP contribution in [0, 0.1) is 0 Å². The van der Waals surface area contributed by atoms with Gasteiger partial charge in [-0.25, -0.2) is 13.2 Å². The Balaban J connectivity index is 2.07. The Morgan fingerprint density at radius 2 is 1.69 bits per heavy atom. The van der Waals surface area contributed by atoms with Crippen molar-refractivity contribution in [2.24, 2.45) is 0 Å². The van der Waals surface area contributed by atoms with Crippen LogP contribution in [0.15, 0.2) is 59.5 Å². The highest BCUT2D eigenvalue weighted by atomic mass is 32.2. The van der Waals surface area contributed by atoms with E-state index < -0.39 is 27.8 Å². The molecule has 0 aromatic heterocycles. The maximum Gasteiger partial charge on any atom is 0.326 e. The normalized spacial score (nSPS) is 12.3. The molecule has 6 nitrogen and oxygen atoms in total. The minimum Gasteiger partial charge on any atom is -0.480 e. The van der Waals surface area contributed by atoms with E-state index >= 15 is 0 Å². The fourth-order valence-corrected chi connectivity index (χ4v) is 3.45. The van der Waals surface area contributed by atoms with Crippen molar-refractivity contribution in [3.63, 3.8) is 0 Å². The monoisotopic (exact) mass is 375 g/mol. The van der Waals surface area contributed by atoms with Crippen LogP contribution in [-0.4, -0.2) is 37.2 Å². The fourth-order valence-electron chi connectivity index (χ4n) is 2.50. The molecular formula is C19H21NO5S. The van der Waals surface area contributed by atoms with Gasteiger partial charge in [-0.3, -0.25) is 4.79 Å². The van der Waals surface area contributed by atoms with Crippen LogP contribution in [-0.2, 0) is 32.3 Å². The summed E-state index contributed by atoms with van der Waals surface area (Å²) in [7, 11) is -3.36. The van der Waals surface area contributed by atoms with Crippen LogP contribution < -0.4 is 5.32 Å². The molecule has 7 heteroatoms. The van der Waals surface area contributed by atoms with Gasteiger partial charge in [-0.1, -0.05) is 49.4 Å². The lowest BCUT2D eigenvalue weighted by molar-refractivity contribution is -0.141. The predicted molar refractivity (Wildman–Crippen MR) is 97.6 cm³/mol. The lowest BCUT2D eigenvalue weighted by Gasteiger charge is -2.15. The van der Waals surface area contributed by atoms with Crippen molar-refractivity contribution < 1.29 is 23.1 Å². The molecule has 0 heterocycles. The summed E-state index contributed by atoms with van der Waals surface area (Å²) in [5.74, 6) is -1.62. The number of nitrogens with one attached hydrogen (secondary N) is 1. The fraction of sp³-hybridized carbons (Fsp3) is 0.263. The number of benzene rings is 2. The summed E-state index contributed by atoms with van der Waals surface area (Å²) in [6, 6.07) is 14.1. The number of rotatable bonds is 8. The zero-order chi connectivity index (χ0) is 19.2. The van der Waals surface area contributed by atoms with Crippen molar-refractivity contribution in [3.8, 4) is 0 Å². The van der Waals surface area contributed by atoms with Crippen LogP contribution in [0.4, 0.5) is 0 Å². The third-order valence-electron chi connectivity index (χ3n) is 3.92. The van der Waals surface area contributed by atoms with E-state index in [2.05, 4.69) is 5.32 Å². The van der Waals surface area contributed by atoms with Crippen LogP contribution in [0.1, 0.15) is 18.1 Å². The number of carbonyl (C=O) groups is 2. The zero-order valence-corrected chi connectivity index (χ0v) is 15.2. The van der Waals surface area contributed by atoms with Gasteiger partial charge in [0.15, 0.2) is 9.84 Å². The molecule has 138 valence electrons. The van der Waals surface area contributed by atoms with E-state index in [0.29, 0.717) is 5.56 Å². The van der Waals surface area contributed by atoms with Crippen molar-refractivity contribution >= 4 is 21.7 Å². The largest absolute Gasteiger partial charge is 0.480 e. The molecule has 0 aliphatic heterocycles. The van der Waals surface area contributed by atoms with Crippen LogP contribution in [0.5, 0.6) is 0 Å². The SMILES string of the molecule is CCS(=O)(=O)c1cccc(CC(=O)NC(Cc2ccccc2)C(=O)O)c1. The van der Waals surface area contributed by atoms with Crippen LogP contribution in [0.2, 0.25) is 0 Å². The van der Waals surface area contributed by atoms with Gasteiger partial charge in [0.1, 0.15) is 6.04 Å². The van der Waals surface area contributed by atoms with E-state index in [-0.39, 0.29) is 23.5 Å². The van der Waals surface area contributed by atoms with Crippen molar-refractivity contribution in [2.45, 2.75) is 30.7 Å². The van der Waals surface area contributed by atoms with Gasteiger partial charge in [-0.15, -0.1) is 0 Å². The molecule has 0 aliphatic carbocycles. The number of hydrogen-bond acceptors (Lipinski definition) is 4. The lowest BCUT2D eigenvalue weighted by Crippen LogP contribution is -2.43. The molecule has 0 aliphatic rings. The van der Waals surface area contributed by atoms with Crippen molar-refractivity contribution in [1.82, 2.24) is 5.32 Å². The standard InChI is InChI=1S/C19H21NO5S/c1-2-26(24,25)16-10-6-9-15(11-16)13-18(21)20-17(19(22)23)12-14-7-4-3-5-8-14/h3-11,17H,2,12-13H2,1H3,(H,20,21)(H,22,23). The first-order valence-corrected chi connectivity index (χ1v) is 9.85. The Hall–Kier alpha value is -2.67. The zero-order valence-electron chi connectivity index (χ0n) is 14.4. The minimum atomic E-state index is -3.36. The molecule has 0 fully saturated rings. The molecule has 1 unspecified atom stereocenters. The third-order valence-corrected chi connectivity index (χ3v) is 5.65. The second kappa shape index (κ2) is 8.62. The molecule has 2 aromatic carbocycles. The molecule has 0 saturated heterocycles. The Morgan fingerprint density at radius 1 is 1.04 bits per heavy atom. The molecule has 0 radical (unpaired) electrons. The highest BCUT2D eigenvalue weighted by Crippen LogP contribution is 2.14. The number of hydrogen-bond donors (Lipinski definition) is 2. The van der Waals surface area contributed by atoms with E-state index in [0.717, 1.165) is 5.56 Å². The number of amides is 1. The Kier molecular flexibility index (Phi) is 6.52. The maximum atomic E-state index is 12.2. The first-order valence-electron chi connectivity index (χ1n) is 8.19. The van der Waals surface area contributed by atoms with Crippen molar-refractivity contribution in [2.75, 3.05) is 5.75 Å². The molecule has 1 amide bonds. The number of aliphatic carboxylic acids is 1. The summed E-state index contributed by atoms with van der Waals surface area (Å²) in [6.45, 7) is 1.55. The van der Waals surface area contributed by atoms with E-state index in [4.69, 9.17) is 0 Å². The van der Waals surface area contributed by atoms with Gasteiger partial charge < -0.3 is 10.4 Å². The first-order chi connectivity index (χ1) is 12.3. The summed E-state index contributed by atoms with van der Waals surface area (Å²) in [5, 5.41) is 11.8. The third kappa shape index (κ3) is 5.42. The number of carboxylic acids is 1. The van der Waals surface area contributed by atoms with Gasteiger partial charge in [-0.2, -0.15) is 0 Å². The van der Waals surface area contributed by atoms with E-state index in [9.17, 15) is 23.1 Å². The van der Waals surface area contributed by atoms with Gasteiger partial charge in [0.25, 0.3) is 0 Å². The molecule has 26 heavy (non-hydrogen) atoms. The van der Waals surface area contributed by atoms with Gasteiger partial charge in [-0.05, 0) is 23.3 Å². The lowest BCUT2D eigenvalue weighted by atomic mass is 10.1. The molecule has 2 aromatic rings. The van der Waals surface area contributed by atoms with E-state index in [1.54, 1.807) is 43.3 Å². The van der Waals surface area contributed by atoms with Crippen molar-refractivity contribution in [1.29, 1.82) is 0 Å². The average molecular weight is 375 g/mol. The Labute approximate surface area is 152 Å². The molecule has 0 spiro atoms. The first kappa shape index (κ1) is 19.7. The molecule has 1 atom stereocenters. The summed E-state index contributed by atoms with van der Waals surface area (Å²) in [5.41, 5.74) is 1.32. The maximum absolute atomic E-state index is 12.2. The second-order valence-electron chi connectivity index (χ2n) is 5.88. The molecular weight excluding hydrogens is 354 g/mol. The number of carboxylic acid groups (broad SMARTS) is 1. The topological polar surface area (TPSA) is 101 Å². The summed E-state index contributed by atoms with van der Waals surface area (Å²) >= 11 is 0. The van der Waals surface area contributed by atoms with Crippen LogP contribution in [0.3, 0.4) is 0 Å². The second-order valence-corrected chi connectivity index (χ2v) is 8.15. The Morgan fingerprint density at radius 3 is 2.31 bits per heavy atom. The van der Waals surface area contributed by atoms with Gasteiger partial charge in [0, 0.05) is 6.42 Å².